The number of carbonyl (C=O) groups excluding carboxylic acids is 4. The highest BCUT2D eigenvalue weighted by atomic mass is 16.3. The molecule has 0 saturated carbocycles. The van der Waals surface area contributed by atoms with Crippen LogP contribution >= 0.6 is 0 Å². The summed E-state index contributed by atoms with van der Waals surface area (Å²) < 4.78 is 0. The van der Waals surface area contributed by atoms with E-state index in [-0.39, 0.29) is 25.0 Å². The Morgan fingerprint density at radius 1 is 1.08 bits per heavy atom. The van der Waals surface area contributed by atoms with Crippen LogP contribution in [0.3, 0.4) is 0 Å². The topological polar surface area (TPSA) is 191 Å². The molecule has 1 rings (SSSR count). The van der Waals surface area contributed by atoms with E-state index in [0.717, 1.165) is 0 Å². The Balaban J connectivity index is 2.49. The number of carbonyl (C=O) groups is 4. The smallest absolute Gasteiger partial charge is 0.240 e. The van der Waals surface area contributed by atoms with Crippen molar-refractivity contribution in [2.75, 3.05) is 6.54 Å². The first kappa shape index (κ1) is 20.9. The van der Waals surface area contributed by atoms with Crippen LogP contribution in [0.25, 0.3) is 0 Å². The predicted octanol–water partition coefficient (Wildman–Crippen LogP) is -2.39. The first-order valence-electron chi connectivity index (χ1n) is 7.87. The van der Waals surface area contributed by atoms with E-state index in [0.29, 0.717) is 5.56 Å². The van der Waals surface area contributed by atoms with E-state index in [4.69, 9.17) is 17.2 Å². The van der Waals surface area contributed by atoms with Gasteiger partial charge >= 0.3 is 0 Å². The van der Waals surface area contributed by atoms with Crippen LogP contribution in [0.2, 0.25) is 0 Å². The molecule has 4 amide bonds. The zero-order valence-electron chi connectivity index (χ0n) is 14.1. The fourth-order valence-corrected chi connectivity index (χ4v) is 2.06. The third kappa shape index (κ3) is 7.62. The second kappa shape index (κ2) is 9.99. The summed E-state index contributed by atoms with van der Waals surface area (Å²) >= 11 is 0. The largest absolute Gasteiger partial charge is 0.508 e. The molecule has 0 aliphatic carbocycles. The second-order valence-corrected chi connectivity index (χ2v) is 5.72. The van der Waals surface area contributed by atoms with Gasteiger partial charge in [-0.15, -0.1) is 0 Å². The molecule has 0 saturated heterocycles. The van der Waals surface area contributed by atoms with E-state index < -0.39 is 42.3 Å². The lowest BCUT2D eigenvalue weighted by Gasteiger charge is -2.17. The summed E-state index contributed by atoms with van der Waals surface area (Å²) in [6.45, 7) is -0.400. The molecule has 1 aromatic rings. The Labute approximate surface area is 150 Å². The number of benzene rings is 1. The molecule has 10 nitrogen and oxygen atoms in total. The molecular weight excluding hydrogens is 342 g/mol. The van der Waals surface area contributed by atoms with E-state index in [9.17, 15) is 24.3 Å². The fourth-order valence-electron chi connectivity index (χ4n) is 2.06. The van der Waals surface area contributed by atoms with Gasteiger partial charge in [0.2, 0.25) is 23.6 Å². The lowest BCUT2D eigenvalue weighted by atomic mass is 10.1. The molecule has 142 valence electrons. The van der Waals surface area contributed by atoms with E-state index in [2.05, 4.69) is 10.6 Å². The van der Waals surface area contributed by atoms with Gasteiger partial charge in [0.05, 0.1) is 12.6 Å². The number of nitrogens with two attached hydrogens (primary N) is 3. The van der Waals surface area contributed by atoms with Crippen molar-refractivity contribution in [1.29, 1.82) is 0 Å². The summed E-state index contributed by atoms with van der Waals surface area (Å²) in [5.74, 6) is -2.48. The van der Waals surface area contributed by atoms with Crippen molar-refractivity contribution in [1.82, 2.24) is 10.6 Å². The number of aromatic hydroxyl groups is 1. The van der Waals surface area contributed by atoms with Crippen LogP contribution < -0.4 is 27.8 Å². The zero-order chi connectivity index (χ0) is 19.7. The molecule has 0 spiro atoms. The molecule has 0 radical (unpaired) electrons. The van der Waals surface area contributed by atoms with Gasteiger partial charge in [-0.2, -0.15) is 0 Å². The van der Waals surface area contributed by atoms with Gasteiger partial charge in [0.15, 0.2) is 0 Å². The first-order chi connectivity index (χ1) is 12.2. The number of rotatable bonds is 10. The summed E-state index contributed by atoms with van der Waals surface area (Å²) in [5.41, 5.74) is 16.5. The predicted molar refractivity (Wildman–Crippen MR) is 92.3 cm³/mol. The lowest BCUT2D eigenvalue weighted by Crippen LogP contribution is -2.50. The number of amides is 4. The standard InChI is InChI=1S/C16H23N5O5/c17-11(5-6-13(18)23)16(26)20-8-14(24)21-12(15(19)25)7-9-1-3-10(22)4-2-9/h1-4,11-12,22H,5-8,17H2,(H2,18,23)(H2,19,25)(H,20,26)(H,21,24)/t11-,12-/m0/s1. The maximum absolute atomic E-state index is 11.9. The van der Waals surface area contributed by atoms with Crippen LogP contribution in [0.15, 0.2) is 24.3 Å². The molecule has 0 aliphatic heterocycles. The van der Waals surface area contributed by atoms with Crippen LogP contribution in [0.4, 0.5) is 0 Å². The molecule has 0 aliphatic rings. The fraction of sp³-hybridized carbons (Fsp3) is 0.375. The van der Waals surface area contributed by atoms with Crippen molar-refractivity contribution in [2.24, 2.45) is 17.2 Å². The van der Waals surface area contributed by atoms with Gasteiger partial charge in [-0.3, -0.25) is 19.2 Å². The number of phenols is 1. The normalized spacial score (nSPS) is 12.7. The highest BCUT2D eigenvalue weighted by molar-refractivity contribution is 5.90. The van der Waals surface area contributed by atoms with Gasteiger partial charge in [0.25, 0.3) is 0 Å². The van der Waals surface area contributed by atoms with Gasteiger partial charge in [0, 0.05) is 12.8 Å². The summed E-state index contributed by atoms with van der Waals surface area (Å²) in [6.07, 6.45) is 0.151. The summed E-state index contributed by atoms with van der Waals surface area (Å²) in [6, 6.07) is 4.13. The van der Waals surface area contributed by atoms with Crippen LogP contribution in [-0.2, 0) is 25.6 Å². The van der Waals surface area contributed by atoms with Crippen LogP contribution in [0.5, 0.6) is 5.75 Å². The van der Waals surface area contributed by atoms with Crippen LogP contribution in [-0.4, -0.2) is 47.4 Å². The van der Waals surface area contributed by atoms with Crippen molar-refractivity contribution in [3.63, 3.8) is 0 Å². The van der Waals surface area contributed by atoms with Gasteiger partial charge in [-0.25, -0.2) is 0 Å². The van der Waals surface area contributed by atoms with E-state index in [1.54, 1.807) is 12.1 Å². The van der Waals surface area contributed by atoms with Crippen molar-refractivity contribution in [2.45, 2.75) is 31.3 Å². The molecule has 0 aromatic heterocycles. The number of hydrogen-bond acceptors (Lipinski definition) is 6. The number of nitrogens with one attached hydrogen (secondary N) is 2. The molecule has 0 fully saturated rings. The third-order valence-electron chi connectivity index (χ3n) is 3.52. The van der Waals surface area contributed by atoms with Gasteiger partial charge in [-0.1, -0.05) is 12.1 Å². The molecule has 0 bridgehead atoms. The Morgan fingerprint density at radius 3 is 2.23 bits per heavy atom. The van der Waals surface area contributed by atoms with Crippen molar-refractivity contribution in [3.05, 3.63) is 29.8 Å². The number of phenolic OH excluding ortho intramolecular Hbond substituents is 1. The molecule has 2 atom stereocenters. The Kier molecular flexibility index (Phi) is 8.03. The highest BCUT2D eigenvalue weighted by Crippen LogP contribution is 2.11. The molecule has 0 heterocycles. The van der Waals surface area contributed by atoms with E-state index in [1.807, 2.05) is 0 Å². The van der Waals surface area contributed by atoms with E-state index >= 15 is 0 Å². The number of hydrogen-bond donors (Lipinski definition) is 6. The Bertz CT molecular complexity index is 661. The summed E-state index contributed by atoms with van der Waals surface area (Å²) in [4.78, 5) is 45.8. The highest BCUT2D eigenvalue weighted by Gasteiger charge is 2.20. The summed E-state index contributed by atoms with van der Waals surface area (Å²) in [5, 5.41) is 14.0. The number of primary amides is 2. The van der Waals surface area contributed by atoms with Crippen LogP contribution in [0.1, 0.15) is 18.4 Å². The third-order valence-corrected chi connectivity index (χ3v) is 3.52. The Hall–Kier alpha value is -3.14. The maximum atomic E-state index is 11.9. The molecule has 1 aromatic carbocycles. The lowest BCUT2D eigenvalue weighted by molar-refractivity contribution is -0.129. The van der Waals surface area contributed by atoms with Crippen LogP contribution in [0, 0.1) is 0 Å². The Morgan fingerprint density at radius 2 is 1.69 bits per heavy atom. The van der Waals surface area contributed by atoms with Crippen molar-refractivity contribution >= 4 is 23.6 Å². The minimum Gasteiger partial charge on any atom is -0.508 e. The SMILES string of the molecule is NC(=O)CC[C@H](N)C(=O)NCC(=O)N[C@@H](Cc1ccc(O)cc1)C(N)=O. The maximum Gasteiger partial charge on any atom is 0.240 e. The van der Waals surface area contributed by atoms with Gasteiger partial charge in [-0.05, 0) is 24.1 Å². The second-order valence-electron chi connectivity index (χ2n) is 5.72. The molecule has 10 heteroatoms. The molecule has 0 unspecified atom stereocenters. The van der Waals surface area contributed by atoms with Gasteiger partial charge in [0.1, 0.15) is 11.8 Å². The minimum absolute atomic E-state index is 0.0445. The average Bonchev–Trinajstić information content (AvgIpc) is 2.58. The van der Waals surface area contributed by atoms with Gasteiger partial charge < -0.3 is 32.9 Å². The van der Waals surface area contributed by atoms with E-state index in [1.165, 1.54) is 12.1 Å². The molecule has 9 N–H and O–H groups in total. The quantitative estimate of drug-likeness (QED) is 0.268. The average molecular weight is 365 g/mol. The monoisotopic (exact) mass is 365 g/mol. The molecule has 26 heavy (non-hydrogen) atoms. The van der Waals surface area contributed by atoms with Crippen molar-refractivity contribution in [3.8, 4) is 5.75 Å². The molecular formula is C16H23N5O5. The zero-order valence-corrected chi connectivity index (χ0v) is 14.1. The summed E-state index contributed by atoms with van der Waals surface area (Å²) in [7, 11) is 0. The van der Waals surface area contributed by atoms with Crippen molar-refractivity contribution < 1.29 is 24.3 Å². The first-order valence-corrected chi connectivity index (χ1v) is 7.87. The minimum atomic E-state index is -0.979.